The van der Waals surface area contributed by atoms with Crippen LogP contribution in [0.4, 0.5) is 5.69 Å². The lowest BCUT2D eigenvalue weighted by Gasteiger charge is -2.03. The van der Waals surface area contributed by atoms with Crippen molar-refractivity contribution in [1.82, 2.24) is 19.8 Å². The number of Topliss-reactive ketones (excluding diaryl/α,β-unsaturated/α-hetero) is 1. The van der Waals surface area contributed by atoms with E-state index < -0.39 is 11.8 Å². The molecule has 0 radical (unpaired) electrons. The molecule has 0 aliphatic heterocycles. The second-order valence-electron chi connectivity index (χ2n) is 5.76. The zero-order chi connectivity index (χ0) is 19.5. The van der Waals surface area contributed by atoms with E-state index in [0.717, 1.165) is 0 Å². The predicted octanol–water partition coefficient (Wildman–Crippen LogP) is 3.01. The molecule has 2 heterocycles. The third-order valence-corrected chi connectivity index (χ3v) is 4.02. The first-order chi connectivity index (χ1) is 13.7. The topological polar surface area (TPSA) is 132 Å². The molecule has 2 aromatic carbocycles. The van der Waals surface area contributed by atoms with Crippen LogP contribution in [0.2, 0.25) is 0 Å². The minimum absolute atomic E-state index is 0.305. The van der Waals surface area contributed by atoms with Crippen molar-refractivity contribution in [2.75, 3.05) is 0 Å². The third kappa shape index (κ3) is 2.93. The molecule has 1 atom stereocenters. The lowest BCUT2D eigenvalue weighted by Crippen LogP contribution is -2.16. The van der Waals surface area contributed by atoms with Crippen LogP contribution in [0.5, 0.6) is 0 Å². The van der Waals surface area contributed by atoms with Gasteiger partial charge in [0.05, 0.1) is 23.5 Å². The molecule has 0 saturated heterocycles. The Balaban J connectivity index is 1.70. The van der Waals surface area contributed by atoms with Crippen LogP contribution >= 0.6 is 0 Å². The van der Waals surface area contributed by atoms with Crippen molar-refractivity contribution in [2.24, 2.45) is 10.2 Å². The highest BCUT2D eigenvalue weighted by Gasteiger charge is 2.18. The van der Waals surface area contributed by atoms with Gasteiger partial charge in [-0.2, -0.15) is 25.9 Å². The molecule has 2 aromatic heterocycles. The molecule has 0 bridgehead atoms. The summed E-state index contributed by atoms with van der Waals surface area (Å²) in [5.41, 5.74) is 2.57. The van der Waals surface area contributed by atoms with E-state index in [1.807, 2.05) is 12.1 Å². The Labute approximate surface area is 158 Å². The van der Waals surface area contributed by atoms with Gasteiger partial charge in [-0.15, -0.1) is 10.2 Å². The van der Waals surface area contributed by atoms with Gasteiger partial charge < -0.3 is 0 Å². The largest absolute Gasteiger partial charge is 0.290 e. The lowest BCUT2D eigenvalue weighted by molar-refractivity contribution is 0.0979. The predicted molar refractivity (Wildman–Crippen MR) is 97.7 cm³/mol. The van der Waals surface area contributed by atoms with Crippen LogP contribution in [0.15, 0.2) is 65.0 Å². The Morgan fingerprint density at radius 2 is 1.93 bits per heavy atom. The van der Waals surface area contributed by atoms with E-state index in [1.54, 1.807) is 48.5 Å². The molecule has 28 heavy (non-hydrogen) atoms. The molecule has 9 nitrogen and oxygen atoms in total. The van der Waals surface area contributed by atoms with Crippen LogP contribution in [0.1, 0.15) is 15.9 Å². The average Bonchev–Trinajstić information content (AvgIpc) is 3.18. The summed E-state index contributed by atoms with van der Waals surface area (Å²) in [6.07, 6.45) is 1.40. The van der Waals surface area contributed by atoms with Crippen molar-refractivity contribution >= 4 is 28.2 Å². The van der Waals surface area contributed by atoms with E-state index >= 15 is 0 Å². The van der Waals surface area contributed by atoms with E-state index in [-0.39, 0.29) is 0 Å². The summed E-state index contributed by atoms with van der Waals surface area (Å²) >= 11 is 0. The number of carbonyl (C=O) groups is 1. The van der Waals surface area contributed by atoms with Crippen molar-refractivity contribution < 1.29 is 4.79 Å². The first-order valence-electron chi connectivity index (χ1n) is 8.15. The summed E-state index contributed by atoms with van der Waals surface area (Å²) < 4.78 is 1.48. The minimum Gasteiger partial charge on any atom is -0.290 e. The number of azo groups is 1. The number of fused-ring (bicyclic) bond motifs is 3. The molecule has 0 amide bonds. The zero-order valence-corrected chi connectivity index (χ0v) is 14.3. The summed E-state index contributed by atoms with van der Waals surface area (Å²) in [7, 11) is 0. The second-order valence-corrected chi connectivity index (χ2v) is 5.76. The fourth-order valence-corrected chi connectivity index (χ4v) is 2.64. The summed E-state index contributed by atoms with van der Waals surface area (Å²) in [6, 6.07) is 16.0. The van der Waals surface area contributed by atoms with E-state index in [1.165, 1.54) is 10.7 Å². The Morgan fingerprint density at radius 1 is 1.11 bits per heavy atom. The number of benzene rings is 2. The number of hydrogen-bond donors (Lipinski definition) is 0. The maximum atomic E-state index is 12.4. The molecule has 1 unspecified atom stereocenters. The SMILES string of the molecule is N#Cc1cnn2c1nnc1ccc(/N=N/C(C#N)C(=O)c3ccccc3)cc12. The minimum atomic E-state index is -1.25. The molecular weight excluding hydrogens is 356 g/mol. The van der Waals surface area contributed by atoms with Gasteiger partial charge in [0, 0.05) is 5.56 Å². The standard InChI is InChI=1S/C19H10N8O/c20-9-13-11-22-27-17-8-14(6-7-15(17)24-26-19(13)27)23-25-16(10-21)18(28)12-4-2-1-3-5-12/h1-8,11,16H/b25-23+. The van der Waals surface area contributed by atoms with Crippen molar-refractivity contribution in [3.8, 4) is 12.1 Å². The van der Waals surface area contributed by atoms with Gasteiger partial charge in [-0.3, -0.25) is 4.79 Å². The van der Waals surface area contributed by atoms with Crippen LogP contribution in [0.3, 0.4) is 0 Å². The zero-order valence-electron chi connectivity index (χ0n) is 14.3. The molecule has 0 spiro atoms. The molecule has 4 aromatic rings. The summed E-state index contributed by atoms with van der Waals surface area (Å²) in [4.78, 5) is 12.4. The van der Waals surface area contributed by atoms with Crippen LogP contribution < -0.4 is 0 Å². The number of nitriles is 2. The van der Waals surface area contributed by atoms with Gasteiger partial charge >= 0.3 is 0 Å². The van der Waals surface area contributed by atoms with Gasteiger partial charge in [-0.25, -0.2) is 4.52 Å². The summed E-state index contributed by atoms with van der Waals surface area (Å²) in [5.74, 6) is -0.424. The van der Waals surface area contributed by atoms with Crippen molar-refractivity contribution in [1.29, 1.82) is 10.5 Å². The molecule has 0 saturated carbocycles. The fraction of sp³-hybridized carbons (Fsp3) is 0.0526. The first kappa shape index (κ1) is 16.9. The summed E-state index contributed by atoms with van der Waals surface area (Å²) in [5, 5.41) is 38.5. The van der Waals surface area contributed by atoms with Gasteiger partial charge in [-0.05, 0) is 18.2 Å². The van der Waals surface area contributed by atoms with E-state index in [0.29, 0.717) is 33.5 Å². The number of carbonyl (C=O) groups excluding carboxylic acids is 1. The van der Waals surface area contributed by atoms with Gasteiger partial charge in [0.2, 0.25) is 11.8 Å². The quantitative estimate of drug-likeness (QED) is 0.403. The van der Waals surface area contributed by atoms with Crippen molar-refractivity contribution in [3.05, 3.63) is 65.9 Å². The number of ketones is 1. The molecule has 4 rings (SSSR count). The van der Waals surface area contributed by atoms with Crippen molar-refractivity contribution in [3.63, 3.8) is 0 Å². The highest BCUT2D eigenvalue weighted by molar-refractivity contribution is 6.01. The molecule has 0 N–H and O–H groups in total. The maximum absolute atomic E-state index is 12.4. The van der Waals surface area contributed by atoms with Crippen LogP contribution in [-0.4, -0.2) is 31.6 Å². The van der Waals surface area contributed by atoms with E-state index in [2.05, 4.69) is 25.5 Å². The van der Waals surface area contributed by atoms with Gasteiger partial charge in [0.25, 0.3) is 0 Å². The highest BCUT2D eigenvalue weighted by atomic mass is 16.1. The number of rotatable bonds is 4. The van der Waals surface area contributed by atoms with Gasteiger partial charge in [0.1, 0.15) is 17.1 Å². The molecule has 9 heteroatoms. The second kappa shape index (κ2) is 7.02. The maximum Gasteiger partial charge on any atom is 0.219 e. The Morgan fingerprint density at radius 3 is 2.68 bits per heavy atom. The molecule has 0 aliphatic carbocycles. The van der Waals surface area contributed by atoms with Crippen LogP contribution in [0, 0.1) is 22.7 Å². The summed E-state index contributed by atoms with van der Waals surface area (Å²) in [6.45, 7) is 0. The Hall–Kier alpha value is -4.50. The van der Waals surface area contributed by atoms with Gasteiger partial charge in [-0.1, -0.05) is 30.3 Å². The Kier molecular flexibility index (Phi) is 4.25. The fourth-order valence-electron chi connectivity index (χ4n) is 2.64. The van der Waals surface area contributed by atoms with E-state index in [4.69, 9.17) is 5.26 Å². The lowest BCUT2D eigenvalue weighted by atomic mass is 10.1. The normalized spacial score (nSPS) is 12.1. The number of nitrogens with zero attached hydrogens (tertiary/aromatic N) is 8. The Bertz CT molecular complexity index is 1310. The van der Waals surface area contributed by atoms with Crippen LogP contribution in [-0.2, 0) is 0 Å². The van der Waals surface area contributed by atoms with Crippen LogP contribution in [0.25, 0.3) is 16.7 Å². The number of hydrogen-bond acceptors (Lipinski definition) is 8. The third-order valence-electron chi connectivity index (χ3n) is 4.02. The highest BCUT2D eigenvalue weighted by Crippen LogP contribution is 2.22. The average molecular weight is 366 g/mol. The van der Waals surface area contributed by atoms with Gasteiger partial charge in [0.15, 0.2) is 5.65 Å². The smallest absolute Gasteiger partial charge is 0.219 e. The molecule has 0 aliphatic rings. The molecular formula is C19H10N8O. The first-order valence-corrected chi connectivity index (χ1v) is 8.15. The monoisotopic (exact) mass is 366 g/mol. The number of aromatic nitrogens is 4. The molecule has 132 valence electrons. The van der Waals surface area contributed by atoms with E-state index in [9.17, 15) is 10.1 Å². The molecule has 0 fully saturated rings. The van der Waals surface area contributed by atoms with Crippen molar-refractivity contribution in [2.45, 2.75) is 6.04 Å².